The number of nitrogens with two attached hydrogens (primary N) is 1. The third kappa shape index (κ3) is 2.57. The first-order chi connectivity index (χ1) is 6.97. The monoisotopic (exact) mass is 324 g/mol. The lowest BCUT2D eigenvalue weighted by Crippen LogP contribution is -2.26. The van der Waals surface area contributed by atoms with Crippen molar-refractivity contribution in [1.82, 2.24) is 5.06 Å². The summed E-state index contributed by atoms with van der Waals surface area (Å²) >= 11 is 1.91. The molecule has 0 saturated heterocycles. The zero-order valence-corrected chi connectivity index (χ0v) is 10.4. The Bertz CT molecular complexity index is 398. The molecular weight excluding hydrogens is 314 g/mol. The second kappa shape index (κ2) is 4.75. The van der Waals surface area contributed by atoms with Crippen molar-refractivity contribution in [3.05, 3.63) is 27.1 Å². The second-order valence-corrected chi connectivity index (χ2v) is 4.08. The van der Waals surface area contributed by atoms with Gasteiger partial charge in [-0.3, -0.25) is 9.63 Å². The third-order valence-corrected chi connectivity index (χ3v) is 2.51. The van der Waals surface area contributed by atoms with Crippen LogP contribution in [0.5, 0.6) is 0 Å². The quantitative estimate of drug-likeness (QED) is 0.511. The zero-order valence-electron chi connectivity index (χ0n) is 8.25. The number of rotatable bonds is 2. The maximum atomic E-state index is 13.2. The van der Waals surface area contributed by atoms with Gasteiger partial charge in [0.05, 0.1) is 18.4 Å². The highest BCUT2D eigenvalue weighted by Gasteiger charge is 2.17. The molecule has 6 heteroatoms. The molecule has 0 spiro atoms. The van der Waals surface area contributed by atoms with Gasteiger partial charge in [-0.1, -0.05) is 0 Å². The lowest BCUT2D eigenvalue weighted by molar-refractivity contribution is -0.0756. The number of hydrogen-bond donors (Lipinski definition) is 1. The number of halogens is 2. The number of benzene rings is 1. The lowest BCUT2D eigenvalue weighted by atomic mass is 10.1. The van der Waals surface area contributed by atoms with E-state index in [2.05, 4.69) is 0 Å². The summed E-state index contributed by atoms with van der Waals surface area (Å²) in [6.45, 7) is 0. The summed E-state index contributed by atoms with van der Waals surface area (Å²) in [6.07, 6.45) is 0. The molecule has 4 nitrogen and oxygen atoms in total. The molecule has 15 heavy (non-hydrogen) atoms. The van der Waals surface area contributed by atoms with Gasteiger partial charge < -0.3 is 5.73 Å². The standard InChI is InChI=1S/C9H10FIN2O2/c1-13(15-2)9(14)6-3-5(11)4-7(10)8(6)12/h3-4H,12H2,1-2H3. The molecule has 1 rings (SSSR count). The Morgan fingerprint density at radius 1 is 1.60 bits per heavy atom. The van der Waals surface area contributed by atoms with Crippen LogP contribution in [0.3, 0.4) is 0 Å². The van der Waals surface area contributed by atoms with E-state index < -0.39 is 11.7 Å². The molecule has 0 heterocycles. The van der Waals surface area contributed by atoms with Gasteiger partial charge in [-0.05, 0) is 34.7 Å². The number of hydrogen-bond acceptors (Lipinski definition) is 3. The highest BCUT2D eigenvalue weighted by Crippen LogP contribution is 2.21. The van der Waals surface area contributed by atoms with E-state index in [0.29, 0.717) is 3.57 Å². The van der Waals surface area contributed by atoms with Gasteiger partial charge >= 0.3 is 0 Å². The highest BCUT2D eigenvalue weighted by molar-refractivity contribution is 14.1. The zero-order chi connectivity index (χ0) is 11.6. The molecule has 1 aromatic rings. The van der Waals surface area contributed by atoms with Crippen LogP contribution in [0.2, 0.25) is 0 Å². The Morgan fingerprint density at radius 2 is 2.20 bits per heavy atom. The molecule has 1 aromatic carbocycles. The molecule has 1 amide bonds. The van der Waals surface area contributed by atoms with Crippen LogP contribution in [-0.2, 0) is 4.84 Å². The van der Waals surface area contributed by atoms with Crippen molar-refractivity contribution in [1.29, 1.82) is 0 Å². The molecule has 0 aliphatic carbocycles. The van der Waals surface area contributed by atoms with Crippen LogP contribution in [0.15, 0.2) is 12.1 Å². The second-order valence-electron chi connectivity index (χ2n) is 2.83. The molecule has 0 bridgehead atoms. The Morgan fingerprint density at radius 3 is 2.73 bits per heavy atom. The Balaban J connectivity index is 3.19. The van der Waals surface area contributed by atoms with Crippen molar-refractivity contribution in [3.8, 4) is 0 Å². The molecule has 2 N–H and O–H groups in total. The molecular formula is C9H10FIN2O2. The van der Waals surface area contributed by atoms with Crippen LogP contribution in [-0.4, -0.2) is 25.1 Å². The fourth-order valence-corrected chi connectivity index (χ4v) is 1.60. The minimum absolute atomic E-state index is 0.101. The fraction of sp³-hybridized carbons (Fsp3) is 0.222. The third-order valence-electron chi connectivity index (χ3n) is 1.88. The fourth-order valence-electron chi connectivity index (χ4n) is 1.01. The van der Waals surface area contributed by atoms with Crippen molar-refractivity contribution < 1.29 is 14.0 Å². The van der Waals surface area contributed by atoms with E-state index in [0.717, 1.165) is 5.06 Å². The van der Waals surface area contributed by atoms with Crippen molar-refractivity contribution >= 4 is 34.2 Å². The van der Waals surface area contributed by atoms with E-state index in [4.69, 9.17) is 10.6 Å². The van der Waals surface area contributed by atoms with E-state index in [9.17, 15) is 9.18 Å². The minimum atomic E-state index is -0.602. The topological polar surface area (TPSA) is 55.6 Å². The van der Waals surface area contributed by atoms with Crippen molar-refractivity contribution in [2.45, 2.75) is 0 Å². The molecule has 0 aliphatic rings. The number of carbonyl (C=O) groups is 1. The van der Waals surface area contributed by atoms with Gasteiger partial charge in [-0.2, -0.15) is 0 Å². The van der Waals surface area contributed by atoms with Crippen LogP contribution in [0, 0.1) is 9.39 Å². The average Bonchev–Trinajstić information content (AvgIpc) is 2.21. The first kappa shape index (κ1) is 12.2. The predicted molar refractivity (Wildman–Crippen MR) is 62.6 cm³/mol. The Labute approximate surface area is 100 Å². The SMILES string of the molecule is CON(C)C(=O)c1cc(I)cc(F)c1N. The molecule has 0 aromatic heterocycles. The Hall–Kier alpha value is -0.890. The lowest BCUT2D eigenvalue weighted by Gasteiger charge is -2.15. The van der Waals surface area contributed by atoms with Crippen molar-refractivity contribution in [2.24, 2.45) is 0 Å². The molecule has 82 valence electrons. The maximum absolute atomic E-state index is 13.2. The molecule has 0 radical (unpaired) electrons. The largest absolute Gasteiger partial charge is 0.396 e. The highest BCUT2D eigenvalue weighted by atomic mass is 127. The first-order valence-corrected chi connectivity index (χ1v) is 5.12. The van der Waals surface area contributed by atoms with Gasteiger partial charge in [0.2, 0.25) is 0 Å². The summed E-state index contributed by atoms with van der Waals surface area (Å²) in [7, 11) is 2.78. The summed E-state index contributed by atoms with van der Waals surface area (Å²) in [5.74, 6) is -1.08. The number of nitrogens with zero attached hydrogens (tertiary/aromatic N) is 1. The molecule has 0 fully saturated rings. The predicted octanol–water partition coefficient (Wildman–Crippen LogP) is 1.65. The smallest absolute Gasteiger partial charge is 0.279 e. The summed E-state index contributed by atoms with van der Waals surface area (Å²) < 4.78 is 13.8. The summed E-state index contributed by atoms with van der Waals surface area (Å²) in [5, 5.41) is 0.987. The Kier molecular flexibility index (Phi) is 3.86. The van der Waals surface area contributed by atoms with E-state index in [1.807, 2.05) is 22.6 Å². The van der Waals surface area contributed by atoms with E-state index in [1.54, 1.807) is 0 Å². The number of carbonyl (C=O) groups excluding carboxylic acids is 1. The summed E-state index contributed by atoms with van der Waals surface area (Å²) in [5.41, 5.74) is 5.40. The molecule has 0 saturated carbocycles. The van der Waals surface area contributed by atoms with Crippen LogP contribution >= 0.6 is 22.6 Å². The first-order valence-electron chi connectivity index (χ1n) is 4.04. The van der Waals surface area contributed by atoms with Gasteiger partial charge in [0.15, 0.2) is 0 Å². The minimum Gasteiger partial charge on any atom is -0.396 e. The van der Waals surface area contributed by atoms with Crippen LogP contribution in [0.4, 0.5) is 10.1 Å². The van der Waals surface area contributed by atoms with Crippen molar-refractivity contribution in [2.75, 3.05) is 19.9 Å². The number of hydroxylamine groups is 2. The summed E-state index contributed by atoms with van der Waals surface area (Å²) in [4.78, 5) is 16.4. The van der Waals surface area contributed by atoms with Gasteiger partial charge in [-0.25, -0.2) is 9.45 Å². The van der Waals surface area contributed by atoms with Crippen LogP contribution in [0.25, 0.3) is 0 Å². The maximum Gasteiger partial charge on any atom is 0.279 e. The van der Waals surface area contributed by atoms with E-state index in [-0.39, 0.29) is 11.3 Å². The van der Waals surface area contributed by atoms with Gasteiger partial charge in [0, 0.05) is 10.6 Å². The van der Waals surface area contributed by atoms with E-state index >= 15 is 0 Å². The average molecular weight is 324 g/mol. The van der Waals surface area contributed by atoms with Gasteiger partial charge in [0.25, 0.3) is 5.91 Å². The van der Waals surface area contributed by atoms with Crippen molar-refractivity contribution in [3.63, 3.8) is 0 Å². The molecule has 0 aliphatic heterocycles. The van der Waals surface area contributed by atoms with Gasteiger partial charge in [-0.15, -0.1) is 0 Å². The summed E-state index contributed by atoms with van der Waals surface area (Å²) in [6, 6.07) is 2.77. The normalized spacial score (nSPS) is 10.1. The molecule has 0 atom stereocenters. The van der Waals surface area contributed by atoms with E-state index in [1.165, 1.54) is 26.3 Å². The number of anilines is 1. The van der Waals surface area contributed by atoms with Crippen LogP contribution < -0.4 is 5.73 Å². The van der Waals surface area contributed by atoms with Crippen LogP contribution in [0.1, 0.15) is 10.4 Å². The van der Waals surface area contributed by atoms with Gasteiger partial charge in [0.1, 0.15) is 5.82 Å². The number of amides is 1. The number of nitrogen functional groups attached to an aromatic ring is 1. The molecule has 0 unspecified atom stereocenters.